The molecule has 26 heavy (non-hydrogen) atoms. The van der Waals surface area contributed by atoms with E-state index in [4.69, 9.17) is 9.47 Å². The van der Waals surface area contributed by atoms with E-state index in [-0.39, 0.29) is 24.0 Å². The molecule has 0 spiro atoms. The number of halogens is 1. The van der Waals surface area contributed by atoms with Crippen molar-refractivity contribution in [1.82, 2.24) is 25.8 Å². The number of hydrogen-bond donors (Lipinski definition) is 3. The third-order valence-corrected chi connectivity index (χ3v) is 3.43. The van der Waals surface area contributed by atoms with Crippen LogP contribution in [-0.4, -0.2) is 55.1 Å². The van der Waals surface area contributed by atoms with Crippen LogP contribution in [0.2, 0.25) is 0 Å². The summed E-state index contributed by atoms with van der Waals surface area (Å²) in [4.78, 5) is 9.00. The molecule has 0 aliphatic rings. The van der Waals surface area contributed by atoms with Crippen LogP contribution in [0.25, 0.3) is 11.4 Å². The third kappa shape index (κ3) is 7.16. The van der Waals surface area contributed by atoms with Crippen LogP contribution in [0.3, 0.4) is 0 Å². The summed E-state index contributed by atoms with van der Waals surface area (Å²) in [6.45, 7) is 4.77. The summed E-state index contributed by atoms with van der Waals surface area (Å²) in [7, 11) is 3.34. The molecular weight excluding hydrogens is 447 g/mol. The molecule has 144 valence electrons. The number of guanidine groups is 1. The number of rotatable bonds is 9. The van der Waals surface area contributed by atoms with E-state index in [2.05, 4.69) is 30.8 Å². The van der Waals surface area contributed by atoms with Gasteiger partial charge < -0.3 is 20.1 Å². The zero-order valence-corrected chi connectivity index (χ0v) is 17.7. The Balaban J connectivity index is 0.00000338. The van der Waals surface area contributed by atoms with Gasteiger partial charge in [-0.15, -0.1) is 24.0 Å². The van der Waals surface area contributed by atoms with Crippen molar-refractivity contribution in [2.45, 2.75) is 19.9 Å². The van der Waals surface area contributed by atoms with Crippen molar-refractivity contribution in [1.29, 1.82) is 0 Å². The number of aliphatic imine (C=N–C) groups is 1. The lowest BCUT2D eigenvalue weighted by molar-refractivity contribution is 0.195. The highest BCUT2D eigenvalue weighted by Crippen LogP contribution is 2.18. The Labute approximate surface area is 171 Å². The van der Waals surface area contributed by atoms with Crippen LogP contribution in [0.15, 0.2) is 29.3 Å². The fourth-order valence-corrected chi connectivity index (χ4v) is 2.15. The van der Waals surface area contributed by atoms with Gasteiger partial charge in [-0.2, -0.15) is 5.10 Å². The van der Waals surface area contributed by atoms with Gasteiger partial charge in [-0.3, -0.25) is 5.10 Å². The molecule has 1 aromatic heterocycles. The Morgan fingerprint density at radius 1 is 1.19 bits per heavy atom. The molecule has 0 amide bonds. The number of benzene rings is 1. The van der Waals surface area contributed by atoms with Gasteiger partial charge in [0.05, 0.1) is 7.11 Å². The van der Waals surface area contributed by atoms with Crippen molar-refractivity contribution in [2.75, 3.05) is 33.9 Å². The molecule has 0 aliphatic heterocycles. The minimum atomic E-state index is 0. The lowest BCUT2D eigenvalue weighted by Crippen LogP contribution is -2.38. The van der Waals surface area contributed by atoms with Gasteiger partial charge in [0.25, 0.3) is 0 Å². The standard InChI is InChI=1S/C17H26N6O2.HI/c1-4-18-17(19-10-5-11-24-2)20-12-15-21-16(23-22-15)13-6-8-14(25-3)9-7-13;/h6-9H,4-5,10-12H2,1-3H3,(H2,18,19,20)(H,21,22,23);1H. The van der Waals surface area contributed by atoms with Gasteiger partial charge >= 0.3 is 0 Å². The third-order valence-electron chi connectivity index (χ3n) is 3.43. The number of ether oxygens (including phenoxy) is 2. The number of hydrogen-bond acceptors (Lipinski definition) is 5. The van der Waals surface area contributed by atoms with E-state index in [1.54, 1.807) is 14.2 Å². The summed E-state index contributed by atoms with van der Waals surface area (Å²) in [5.41, 5.74) is 0.928. The van der Waals surface area contributed by atoms with Crippen LogP contribution in [0.1, 0.15) is 19.2 Å². The highest BCUT2D eigenvalue weighted by atomic mass is 127. The van der Waals surface area contributed by atoms with Crippen molar-refractivity contribution < 1.29 is 9.47 Å². The molecule has 0 fully saturated rings. The van der Waals surface area contributed by atoms with Gasteiger partial charge in [-0.1, -0.05) is 0 Å². The summed E-state index contributed by atoms with van der Waals surface area (Å²) in [6.07, 6.45) is 0.921. The quantitative estimate of drug-likeness (QED) is 0.223. The number of nitrogens with zero attached hydrogens (tertiary/aromatic N) is 3. The molecule has 1 heterocycles. The molecular formula is C17H27IN6O2. The van der Waals surface area contributed by atoms with Crippen LogP contribution in [-0.2, 0) is 11.3 Å². The van der Waals surface area contributed by atoms with Crippen molar-refractivity contribution >= 4 is 29.9 Å². The van der Waals surface area contributed by atoms with Gasteiger partial charge in [0.1, 0.15) is 18.1 Å². The average molecular weight is 474 g/mol. The minimum absolute atomic E-state index is 0. The largest absolute Gasteiger partial charge is 0.497 e. The lowest BCUT2D eigenvalue weighted by Gasteiger charge is -2.10. The zero-order chi connectivity index (χ0) is 17.9. The average Bonchev–Trinajstić information content (AvgIpc) is 3.12. The molecule has 3 N–H and O–H groups in total. The molecule has 0 bridgehead atoms. The highest BCUT2D eigenvalue weighted by molar-refractivity contribution is 14.0. The summed E-state index contributed by atoms with van der Waals surface area (Å²) in [5, 5.41) is 13.6. The van der Waals surface area contributed by atoms with E-state index in [0.717, 1.165) is 43.4 Å². The Bertz CT molecular complexity index is 660. The Kier molecular flexibility index (Phi) is 10.6. The monoisotopic (exact) mass is 474 g/mol. The van der Waals surface area contributed by atoms with Crippen LogP contribution < -0.4 is 15.4 Å². The first kappa shape index (κ1) is 22.2. The molecule has 1 aromatic carbocycles. The number of methoxy groups -OCH3 is 2. The number of aromatic nitrogens is 3. The molecule has 9 heteroatoms. The van der Waals surface area contributed by atoms with Crippen molar-refractivity contribution in [2.24, 2.45) is 4.99 Å². The van der Waals surface area contributed by atoms with Gasteiger partial charge in [0.15, 0.2) is 11.8 Å². The summed E-state index contributed by atoms with van der Waals surface area (Å²) in [5.74, 6) is 2.91. The normalized spacial score (nSPS) is 11.0. The van der Waals surface area contributed by atoms with E-state index in [1.807, 2.05) is 31.2 Å². The smallest absolute Gasteiger partial charge is 0.191 e. The maximum Gasteiger partial charge on any atom is 0.191 e. The predicted octanol–water partition coefficient (Wildman–Crippen LogP) is 2.19. The first-order valence-corrected chi connectivity index (χ1v) is 8.33. The van der Waals surface area contributed by atoms with E-state index < -0.39 is 0 Å². The molecule has 0 unspecified atom stereocenters. The van der Waals surface area contributed by atoms with Crippen molar-refractivity contribution in [3.8, 4) is 17.1 Å². The molecule has 0 aliphatic carbocycles. The first-order chi connectivity index (χ1) is 12.3. The Hall–Kier alpha value is -1.88. The van der Waals surface area contributed by atoms with E-state index in [1.165, 1.54) is 0 Å². The predicted molar refractivity (Wildman–Crippen MR) is 113 cm³/mol. The topological polar surface area (TPSA) is 96.5 Å². The lowest BCUT2D eigenvalue weighted by atomic mass is 10.2. The van der Waals surface area contributed by atoms with E-state index >= 15 is 0 Å². The van der Waals surface area contributed by atoms with Gasteiger partial charge in [-0.25, -0.2) is 9.98 Å². The zero-order valence-electron chi connectivity index (χ0n) is 15.4. The summed E-state index contributed by atoms with van der Waals surface area (Å²) >= 11 is 0. The van der Waals surface area contributed by atoms with Crippen LogP contribution in [0, 0.1) is 0 Å². The van der Waals surface area contributed by atoms with Gasteiger partial charge in [0.2, 0.25) is 0 Å². The molecule has 0 saturated carbocycles. The first-order valence-electron chi connectivity index (χ1n) is 8.33. The molecule has 0 radical (unpaired) electrons. The number of H-pyrrole nitrogens is 1. The van der Waals surface area contributed by atoms with Gasteiger partial charge in [-0.05, 0) is 37.6 Å². The Morgan fingerprint density at radius 3 is 2.62 bits per heavy atom. The summed E-state index contributed by atoms with van der Waals surface area (Å²) < 4.78 is 10.2. The number of nitrogens with one attached hydrogen (secondary N) is 3. The van der Waals surface area contributed by atoms with Crippen LogP contribution >= 0.6 is 24.0 Å². The second-order valence-electron chi connectivity index (χ2n) is 5.30. The maximum absolute atomic E-state index is 5.16. The fourth-order valence-electron chi connectivity index (χ4n) is 2.15. The SMILES string of the molecule is CCNC(=NCc1nc(-c2ccc(OC)cc2)n[nH]1)NCCCOC.I. The second kappa shape index (κ2) is 12.5. The maximum atomic E-state index is 5.16. The molecule has 2 aromatic rings. The van der Waals surface area contributed by atoms with E-state index in [9.17, 15) is 0 Å². The summed E-state index contributed by atoms with van der Waals surface area (Å²) in [6, 6.07) is 7.63. The highest BCUT2D eigenvalue weighted by Gasteiger charge is 2.06. The fraction of sp³-hybridized carbons (Fsp3) is 0.471. The van der Waals surface area contributed by atoms with Gasteiger partial charge in [0, 0.05) is 32.4 Å². The molecule has 2 rings (SSSR count). The van der Waals surface area contributed by atoms with Crippen molar-refractivity contribution in [3.05, 3.63) is 30.1 Å². The van der Waals surface area contributed by atoms with Crippen LogP contribution in [0.5, 0.6) is 5.75 Å². The van der Waals surface area contributed by atoms with Crippen LogP contribution in [0.4, 0.5) is 0 Å². The minimum Gasteiger partial charge on any atom is -0.497 e. The Morgan fingerprint density at radius 2 is 1.96 bits per heavy atom. The molecule has 8 nitrogen and oxygen atoms in total. The van der Waals surface area contributed by atoms with E-state index in [0.29, 0.717) is 18.2 Å². The van der Waals surface area contributed by atoms with Crippen molar-refractivity contribution in [3.63, 3.8) is 0 Å². The second-order valence-corrected chi connectivity index (χ2v) is 5.30. The number of aromatic amines is 1. The molecule has 0 atom stereocenters. The molecule has 0 saturated heterocycles.